The van der Waals surface area contributed by atoms with Crippen LogP contribution in [-0.2, 0) is 4.79 Å². The Labute approximate surface area is 85.3 Å². The van der Waals surface area contributed by atoms with Gasteiger partial charge in [-0.15, -0.1) is 0 Å². The van der Waals surface area contributed by atoms with Gasteiger partial charge in [0.15, 0.2) is 0 Å². The molecule has 1 amide bonds. The van der Waals surface area contributed by atoms with Gasteiger partial charge >= 0.3 is 0 Å². The minimum absolute atomic E-state index is 0.113. The van der Waals surface area contributed by atoms with Crippen molar-refractivity contribution in [2.45, 2.75) is 26.7 Å². The van der Waals surface area contributed by atoms with E-state index < -0.39 is 0 Å². The maximum absolute atomic E-state index is 11.5. The molecule has 0 radical (unpaired) electrons. The van der Waals surface area contributed by atoms with Gasteiger partial charge in [-0.3, -0.25) is 4.79 Å². The molecular weight excluding hydrogens is 184 g/mol. The average Bonchev–Trinajstić information content (AvgIpc) is 2.02. The lowest BCUT2D eigenvalue weighted by Crippen LogP contribution is -2.35. The number of rotatable bonds is 5. The SMILES string of the molecule is CCC(C)CC(=O)N(C)CC(N)=S. The van der Waals surface area contributed by atoms with Crippen molar-refractivity contribution in [1.82, 2.24) is 4.90 Å². The van der Waals surface area contributed by atoms with Gasteiger partial charge in [0.1, 0.15) is 0 Å². The molecule has 0 aromatic rings. The number of carbonyl (C=O) groups is 1. The van der Waals surface area contributed by atoms with Gasteiger partial charge in [0, 0.05) is 13.5 Å². The minimum Gasteiger partial charge on any atom is -0.392 e. The number of hydrogen-bond acceptors (Lipinski definition) is 2. The fraction of sp³-hybridized carbons (Fsp3) is 0.778. The highest BCUT2D eigenvalue weighted by Gasteiger charge is 2.12. The highest BCUT2D eigenvalue weighted by Crippen LogP contribution is 2.07. The Morgan fingerprint density at radius 1 is 1.62 bits per heavy atom. The van der Waals surface area contributed by atoms with Crippen molar-refractivity contribution in [1.29, 1.82) is 0 Å². The summed E-state index contributed by atoms with van der Waals surface area (Å²) in [6.07, 6.45) is 1.60. The highest BCUT2D eigenvalue weighted by atomic mass is 32.1. The molecule has 4 heteroatoms. The quantitative estimate of drug-likeness (QED) is 0.681. The second-order valence-electron chi connectivity index (χ2n) is 3.43. The van der Waals surface area contributed by atoms with Crippen LogP contribution < -0.4 is 5.73 Å². The van der Waals surface area contributed by atoms with Gasteiger partial charge < -0.3 is 10.6 Å². The molecule has 0 fully saturated rings. The second-order valence-corrected chi connectivity index (χ2v) is 3.96. The number of hydrogen-bond donors (Lipinski definition) is 1. The zero-order valence-corrected chi connectivity index (χ0v) is 9.36. The van der Waals surface area contributed by atoms with Crippen LogP contribution in [0.25, 0.3) is 0 Å². The van der Waals surface area contributed by atoms with Gasteiger partial charge in [0.2, 0.25) is 5.91 Å². The van der Waals surface area contributed by atoms with E-state index in [1.165, 1.54) is 0 Å². The van der Waals surface area contributed by atoms with E-state index in [1.54, 1.807) is 11.9 Å². The Balaban J connectivity index is 3.89. The maximum atomic E-state index is 11.5. The summed E-state index contributed by atoms with van der Waals surface area (Å²) in [6, 6.07) is 0. The molecule has 0 aromatic carbocycles. The number of carbonyl (C=O) groups excluding carboxylic acids is 1. The van der Waals surface area contributed by atoms with Gasteiger partial charge in [0.25, 0.3) is 0 Å². The van der Waals surface area contributed by atoms with Crippen molar-refractivity contribution in [3.8, 4) is 0 Å². The van der Waals surface area contributed by atoms with Crippen LogP contribution in [0.4, 0.5) is 0 Å². The predicted octanol–water partition coefficient (Wildman–Crippen LogP) is 1.17. The molecule has 3 nitrogen and oxygen atoms in total. The van der Waals surface area contributed by atoms with Crippen LogP contribution in [-0.4, -0.2) is 29.4 Å². The van der Waals surface area contributed by atoms with Crippen LogP contribution >= 0.6 is 12.2 Å². The number of amides is 1. The summed E-state index contributed by atoms with van der Waals surface area (Å²) in [5, 5.41) is 0. The second kappa shape index (κ2) is 5.91. The van der Waals surface area contributed by atoms with E-state index in [9.17, 15) is 4.79 Å². The van der Waals surface area contributed by atoms with Gasteiger partial charge in [-0.1, -0.05) is 32.5 Å². The molecule has 13 heavy (non-hydrogen) atoms. The molecule has 0 aliphatic heterocycles. The Bertz CT molecular complexity index is 194. The van der Waals surface area contributed by atoms with Crippen LogP contribution in [0, 0.1) is 5.92 Å². The lowest BCUT2D eigenvalue weighted by Gasteiger charge is -2.18. The predicted molar refractivity (Wildman–Crippen MR) is 58.5 cm³/mol. The van der Waals surface area contributed by atoms with E-state index >= 15 is 0 Å². The number of nitrogens with two attached hydrogens (primary N) is 1. The fourth-order valence-electron chi connectivity index (χ4n) is 0.920. The zero-order chi connectivity index (χ0) is 10.4. The van der Waals surface area contributed by atoms with Gasteiger partial charge in [0.05, 0.1) is 11.5 Å². The first-order valence-electron chi connectivity index (χ1n) is 4.49. The number of likely N-dealkylation sites (N-methyl/N-ethyl adjacent to an activating group) is 1. The lowest BCUT2D eigenvalue weighted by molar-refractivity contribution is -0.130. The van der Waals surface area contributed by atoms with Crippen molar-refractivity contribution < 1.29 is 4.79 Å². The Kier molecular flexibility index (Phi) is 5.62. The summed E-state index contributed by atoms with van der Waals surface area (Å²) in [7, 11) is 1.73. The van der Waals surface area contributed by atoms with Crippen molar-refractivity contribution in [2.24, 2.45) is 11.7 Å². The van der Waals surface area contributed by atoms with E-state index in [2.05, 4.69) is 13.8 Å². The molecule has 1 atom stereocenters. The van der Waals surface area contributed by atoms with E-state index in [1.807, 2.05) is 0 Å². The molecular formula is C9H18N2OS. The first-order valence-corrected chi connectivity index (χ1v) is 4.90. The molecule has 0 aliphatic carbocycles. The standard InChI is InChI=1S/C9H18N2OS/c1-4-7(2)5-9(12)11(3)6-8(10)13/h7H,4-6H2,1-3H3,(H2,10,13). The summed E-state index contributed by atoms with van der Waals surface area (Å²) in [5.74, 6) is 0.545. The average molecular weight is 202 g/mol. The first-order chi connectivity index (χ1) is 5.97. The molecule has 0 aliphatic rings. The van der Waals surface area contributed by atoms with E-state index in [-0.39, 0.29) is 5.91 Å². The molecule has 0 aromatic heterocycles. The van der Waals surface area contributed by atoms with Crippen molar-refractivity contribution in [3.05, 3.63) is 0 Å². The van der Waals surface area contributed by atoms with Crippen molar-refractivity contribution >= 4 is 23.1 Å². The topological polar surface area (TPSA) is 46.3 Å². The minimum atomic E-state index is 0.113. The third kappa shape index (κ3) is 5.58. The fourth-order valence-corrected chi connectivity index (χ4v) is 1.11. The molecule has 76 valence electrons. The van der Waals surface area contributed by atoms with Gasteiger partial charge in [-0.2, -0.15) is 0 Å². The molecule has 0 rings (SSSR count). The van der Waals surface area contributed by atoms with Crippen LogP contribution in [0.1, 0.15) is 26.7 Å². The molecule has 0 saturated carbocycles. The van der Waals surface area contributed by atoms with E-state index in [0.29, 0.717) is 23.9 Å². The Morgan fingerprint density at radius 2 is 2.15 bits per heavy atom. The molecule has 0 heterocycles. The lowest BCUT2D eigenvalue weighted by atomic mass is 10.0. The van der Waals surface area contributed by atoms with E-state index in [4.69, 9.17) is 18.0 Å². The monoisotopic (exact) mass is 202 g/mol. The van der Waals surface area contributed by atoms with Crippen LogP contribution in [0.15, 0.2) is 0 Å². The summed E-state index contributed by atoms with van der Waals surface area (Å²) in [4.78, 5) is 13.4. The molecule has 1 unspecified atom stereocenters. The van der Waals surface area contributed by atoms with Gasteiger partial charge in [-0.05, 0) is 5.92 Å². The summed E-state index contributed by atoms with van der Waals surface area (Å²) >= 11 is 4.72. The normalized spacial score (nSPS) is 12.2. The molecule has 0 bridgehead atoms. The van der Waals surface area contributed by atoms with Crippen molar-refractivity contribution in [2.75, 3.05) is 13.6 Å². The van der Waals surface area contributed by atoms with Gasteiger partial charge in [-0.25, -0.2) is 0 Å². The molecule has 2 N–H and O–H groups in total. The number of nitrogens with zero attached hydrogens (tertiary/aromatic N) is 1. The summed E-state index contributed by atoms with van der Waals surface area (Å²) in [5.41, 5.74) is 5.33. The Morgan fingerprint density at radius 3 is 2.54 bits per heavy atom. The first kappa shape index (κ1) is 12.4. The third-order valence-electron chi connectivity index (χ3n) is 2.04. The van der Waals surface area contributed by atoms with Crippen molar-refractivity contribution in [3.63, 3.8) is 0 Å². The van der Waals surface area contributed by atoms with Crippen LogP contribution in [0.2, 0.25) is 0 Å². The van der Waals surface area contributed by atoms with Crippen LogP contribution in [0.5, 0.6) is 0 Å². The third-order valence-corrected chi connectivity index (χ3v) is 2.17. The summed E-state index contributed by atoms with van der Waals surface area (Å²) < 4.78 is 0. The number of thiocarbonyl (C=S) groups is 1. The van der Waals surface area contributed by atoms with E-state index in [0.717, 1.165) is 6.42 Å². The Hall–Kier alpha value is -0.640. The van der Waals surface area contributed by atoms with Crippen LogP contribution in [0.3, 0.4) is 0 Å². The molecule has 0 saturated heterocycles. The maximum Gasteiger partial charge on any atom is 0.222 e. The molecule has 0 spiro atoms. The summed E-state index contributed by atoms with van der Waals surface area (Å²) in [6.45, 7) is 4.52. The zero-order valence-electron chi connectivity index (χ0n) is 8.54. The largest absolute Gasteiger partial charge is 0.392 e. The highest BCUT2D eigenvalue weighted by molar-refractivity contribution is 7.80. The smallest absolute Gasteiger partial charge is 0.222 e.